The maximum absolute atomic E-state index is 13.1. The van der Waals surface area contributed by atoms with Crippen LogP contribution in [-0.2, 0) is 5.41 Å². The van der Waals surface area contributed by atoms with E-state index in [0.717, 1.165) is 6.07 Å². The van der Waals surface area contributed by atoms with E-state index in [1.54, 1.807) is 6.07 Å². The van der Waals surface area contributed by atoms with Crippen LogP contribution in [-0.4, -0.2) is 10.2 Å². The van der Waals surface area contributed by atoms with Gasteiger partial charge in [-0.25, -0.2) is 4.39 Å². The van der Waals surface area contributed by atoms with Crippen LogP contribution >= 0.6 is 0 Å². The summed E-state index contributed by atoms with van der Waals surface area (Å²) in [7, 11) is 0. The SMILES string of the molecule is CC(C)(C#N)c1cc(F)c(O)c(F)c1O. The van der Waals surface area contributed by atoms with Crippen LogP contribution in [0, 0.1) is 23.0 Å². The molecular weight excluding hydrogens is 204 g/mol. The highest BCUT2D eigenvalue weighted by Gasteiger charge is 2.28. The minimum Gasteiger partial charge on any atom is -0.504 e. The zero-order valence-corrected chi connectivity index (χ0v) is 8.17. The molecule has 0 aromatic heterocycles. The topological polar surface area (TPSA) is 64.2 Å². The molecule has 0 aliphatic carbocycles. The summed E-state index contributed by atoms with van der Waals surface area (Å²) < 4.78 is 26.0. The van der Waals surface area contributed by atoms with Gasteiger partial charge in [0.15, 0.2) is 17.3 Å². The molecule has 0 heterocycles. The van der Waals surface area contributed by atoms with E-state index in [2.05, 4.69) is 0 Å². The summed E-state index contributed by atoms with van der Waals surface area (Å²) in [4.78, 5) is 0. The minimum absolute atomic E-state index is 0.196. The lowest BCUT2D eigenvalue weighted by Gasteiger charge is -2.18. The number of rotatable bonds is 1. The molecule has 0 aliphatic rings. The van der Waals surface area contributed by atoms with Crippen molar-refractivity contribution in [2.75, 3.05) is 0 Å². The van der Waals surface area contributed by atoms with E-state index >= 15 is 0 Å². The molecule has 0 saturated carbocycles. The van der Waals surface area contributed by atoms with Crippen LogP contribution < -0.4 is 0 Å². The molecule has 0 spiro atoms. The van der Waals surface area contributed by atoms with Crippen LogP contribution in [0.25, 0.3) is 0 Å². The van der Waals surface area contributed by atoms with E-state index in [9.17, 15) is 13.9 Å². The highest BCUT2D eigenvalue weighted by molar-refractivity contribution is 5.47. The fourth-order valence-electron chi connectivity index (χ4n) is 1.14. The highest BCUT2D eigenvalue weighted by Crippen LogP contribution is 2.37. The molecule has 3 nitrogen and oxygen atoms in total. The average molecular weight is 213 g/mol. The van der Waals surface area contributed by atoms with Crippen LogP contribution in [0.15, 0.2) is 6.07 Å². The Morgan fingerprint density at radius 1 is 1.27 bits per heavy atom. The van der Waals surface area contributed by atoms with E-state index in [1.807, 2.05) is 0 Å². The van der Waals surface area contributed by atoms with Crippen LogP contribution in [0.4, 0.5) is 8.78 Å². The number of phenolic OH excluding ortho intramolecular Hbond substituents is 2. The van der Waals surface area contributed by atoms with Crippen molar-refractivity contribution in [1.29, 1.82) is 5.26 Å². The summed E-state index contributed by atoms with van der Waals surface area (Å²) in [5.74, 6) is -4.80. The van der Waals surface area contributed by atoms with Crippen molar-refractivity contribution in [3.05, 3.63) is 23.3 Å². The van der Waals surface area contributed by atoms with Gasteiger partial charge in [0.25, 0.3) is 0 Å². The van der Waals surface area contributed by atoms with Gasteiger partial charge in [0.2, 0.25) is 5.82 Å². The van der Waals surface area contributed by atoms with E-state index in [0.29, 0.717) is 0 Å². The maximum atomic E-state index is 13.1. The fraction of sp³-hybridized carbons (Fsp3) is 0.300. The third kappa shape index (κ3) is 1.71. The monoisotopic (exact) mass is 213 g/mol. The fourth-order valence-corrected chi connectivity index (χ4v) is 1.14. The second kappa shape index (κ2) is 3.39. The minimum atomic E-state index is -1.45. The first-order valence-corrected chi connectivity index (χ1v) is 4.13. The molecule has 0 atom stereocenters. The molecule has 0 amide bonds. The van der Waals surface area contributed by atoms with Crippen molar-refractivity contribution in [2.24, 2.45) is 0 Å². The average Bonchev–Trinajstić information content (AvgIpc) is 2.20. The first-order valence-electron chi connectivity index (χ1n) is 4.13. The molecule has 1 rings (SSSR count). The molecule has 5 heteroatoms. The molecule has 15 heavy (non-hydrogen) atoms. The molecular formula is C10H9F2NO2. The third-order valence-corrected chi connectivity index (χ3v) is 2.12. The predicted octanol–water partition coefficient (Wildman–Crippen LogP) is 2.18. The van der Waals surface area contributed by atoms with Gasteiger partial charge in [-0.3, -0.25) is 0 Å². The molecule has 2 N–H and O–H groups in total. The summed E-state index contributed by atoms with van der Waals surface area (Å²) in [5, 5.41) is 26.9. The quantitative estimate of drug-likeness (QED) is 0.751. The van der Waals surface area contributed by atoms with Gasteiger partial charge in [-0.2, -0.15) is 9.65 Å². The van der Waals surface area contributed by atoms with Crippen molar-refractivity contribution >= 4 is 0 Å². The lowest BCUT2D eigenvalue weighted by Crippen LogP contribution is -2.15. The van der Waals surface area contributed by atoms with Crippen LogP contribution in [0.3, 0.4) is 0 Å². The molecule has 0 saturated heterocycles. The molecule has 0 unspecified atom stereocenters. The van der Waals surface area contributed by atoms with E-state index in [1.165, 1.54) is 13.8 Å². The number of benzene rings is 1. The van der Waals surface area contributed by atoms with Gasteiger partial charge in [0, 0.05) is 5.56 Å². The Hall–Kier alpha value is -1.83. The number of phenols is 2. The summed E-state index contributed by atoms with van der Waals surface area (Å²) in [6, 6.07) is 2.54. The first-order chi connectivity index (χ1) is 6.81. The number of aromatic hydroxyl groups is 2. The lowest BCUT2D eigenvalue weighted by atomic mass is 9.85. The van der Waals surface area contributed by atoms with E-state index in [-0.39, 0.29) is 5.56 Å². The number of hydrogen-bond donors (Lipinski definition) is 2. The summed E-state index contributed by atoms with van der Waals surface area (Å²) in [6.45, 7) is 2.80. The Morgan fingerprint density at radius 2 is 1.80 bits per heavy atom. The largest absolute Gasteiger partial charge is 0.504 e. The zero-order valence-electron chi connectivity index (χ0n) is 8.17. The van der Waals surface area contributed by atoms with Gasteiger partial charge in [0.05, 0.1) is 11.5 Å². The summed E-state index contributed by atoms with van der Waals surface area (Å²) in [5.41, 5.74) is -1.43. The smallest absolute Gasteiger partial charge is 0.209 e. The Morgan fingerprint density at radius 3 is 2.27 bits per heavy atom. The van der Waals surface area contributed by atoms with Crippen molar-refractivity contribution in [3.8, 4) is 17.6 Å². The van der Waals surface area contributed by atoms with Gasteiger partial charge in [-0.1, -0.05) is 0 Å². The molecule has 1 aromatic carbocycles. The number of hydrogen-bond acceptors (Lipinski definition) is 3. The maximum Gasteiger partial charge on any atom is 0.209 e. The molecule has 0 aliphatic heterocycles. The van der Waals surface area contributed by atoms with Crippen molar-refractivity contribution in [1.82, 2.24) is 0 Å². The molecule has 0 fully saturated rings. The molecule has 80 valence electrons. The highest BCUT2D eigenvalue weighted by atomic mass is 19.1. The second-order valence-electron chi connectivity index (χ2n) is 3.65. The first kappa shape index (κ1) is 11.2. The van der Waals surface area contributed by atoms with Crippen LogP contribution in [0.5, 0.6) is 11.5 Å². The predicted molar refractivity (Wildman–Crippen MR) is 48.3 cm³/mol. The van der Waals surface area contributed by atoms with Gasteiger partial charge in [0.1, 0.15) is 0 Å². The second-order valence-corrected chi connectivity index (χ2v) is 3.65. The molecule has 0 radical (unpaired) electrons. The Kier molecular flexibility index (Phi) is 2.54. The normalized spacial score (nSPS) is 11.1. The van der Waals surface area contributed by atoms with Gasteiger partial charge < -0.3 is 10.2 Å². The zero-order chi connectivity index (χ0) is 11.8. The lowest BCUT2D eigenvalue weighted by molar-refractivity contribution is 0.359. The van der Waals surface area contributed by atoms with Crippen molar-refractivity contribution in [3.63, 3.8) is 0 Å². The van der Waals surface area contributed by atoms with Gasteiger partial charge in [-0.05, 0) is 19.9 Å². The van der Waals surface area contributed by atoms with Gasteiger partial charge in [-0.15, -0.1) is 0 Å². The van der Waals surface area contributed by atoms with Crippen molar-refractivity contribution < 1.29 is 19.0 Å². The number of nitriles is 1. The summed E-state index contributed by atoms with van der Waals surface area (Å²) >= 11 is 0. The number of nitrogens with zero attached hydrogens (tertiary/aromatic N) is 1. The molecule has 0 bridgehead atoms. The van der Waals surface area contributed by atoms with Crippen LogP contribution in [0.2, 0.25) is 0 Å². The van der Waals surface area contributed by atoms with Crippen molar-refractivity contribution in [2.45, 2.75) is 19.3 Å². The van der Waals surface area contributed by atoms with E-state index < -0.39 is 28.5 Å². The summed E-state index contributed by atoms with van der Waals surface area (Å²) in [6.07, 6.45) is 0. The van der Waals surface area contributed by atoms with Gasteiger partial charge >= 0.3 is 0 Å². The third-order valence-electron chi connectivity index (χ3n) is 2.12. The van der Waals surface area contributed by atoms with E-state index in [4.69, 9.17) is 10.4 Å². The molecule has 1 aromatic rings. The Labute approximate surface area is 85.2 Å². The number of halogens is 2. The Bertz CT molecular complexity index is 450. The standard InChI is InChI=1S/C10H9F2NO2/c1-10(2,4-13)5-3-6(11)9(15)7(12)8(5)14/h3,14-15H,1-2H3. The Balaban J connectivity index is 3.54. The van der Waals surface area contributed by atoms with Crippen LogP contribution in [0.1, 0.15) is 19.4 Å².